The Morgan fingerprint density at radius 1 is 1.42 bits per heavy atom. The lowest BCUT2D eigenvalue weighted by Gasteiger charge is -2.27. The summed E-state index contributed by atoms with van der Waals surface area (Å²) in [4.78, 5) is 6.80. The van der Waals surface area contributed by atoms with Crippen LogP contribution in [-0.4, -0.2) is 39.8 Å². The van der Waals surface area contributed by atoms with Crippen molar-refractivity contribution in [3.8, 4) is 0 Å². The van der Waals surface area contributed by atoms with Crippen molar-refractivity contribution in [1.82, 2.24) is 10.3 Å². The number of nitrogens with one attached hydrogen (secondary N) is 1. The van der Waals surface area contributed by atoms with Gasteiger partial charge in [-0.15, -0.1) is 0 Å². The first-order valence-corrected chi connectivity index (χ1v) is 8.41. The van der Waals surface area contributed by atoms with Crippen molar-refractivity contribution in [1.29, 1.82) is 0 Å². The molecule has 0 atom stereocenters. The van der Waals surface area contributed by atoms with Crippen LogP contribution in [0.2, 0.25) is 5.02 Å². The van der Waals surface area contributed by atoms with E-state index in [0.29, 0.717) is 17.6 Å². The molecule has 2 heterocycles. The van der Waals surface area contributed by atoms with Gasteiger partial charge in [0.05, 0.1) is 10.7 Å². The summed E-state index contributed by atoms with van der Waals surface area (Å²) in [7, 11) is -0.662. The lowest BCUT2D eigenvalue weighted by molar-refractivity contribution is 0.581. The predicted molar refractivity (Wildman–Crippen MR) is 81.3 cm³/mol. The molecule has 4 nitrogen and oxygen atoms in total. The Kier molecular flexibility index (Phi) is 5.19. The molecule has 0 unspecified atom stereocenters. The molecule has 1 N–H and O–H groups in total. The van der Waals surface area contributed by atoms with Gasteiger partial charge < -0.3 is 10.2 Å². The molecule has 106 valence electrons. The van der Waals surface area contributed by atoms with Gasteiger partial charge in [-0.05, 0) is 12.1 Å². The van der Waals surface area contributed by atoms with E-state index in [1.165, 1.54) is 0 Å². The van der Waals surface area contributed by atoms with Crippen molar-refractivity contribution in [2.75, 3.05) is 29.5 Å². The molecule has 6 heteroatoms. The molecule has 0 aliphatic carbocycles. The van der Waals surface area contributed by atoms with Crippen LogP contribution in [0.15, 0.2) is 12.1 Å². The fraction of sp³-hybridized carbons (Fsp3) is 0.615. The second-order valence-electron chi connectivity index (χ2n) is 4.97. The lowest BCUT2D eigenvalue weighted by atomic mass is 10.3. The van der Waals surface area contributed by atoms with E-state index < -0.39 is 10.8 Å². The average molecular weight is 302 g/mol. The van der Waals surface area contributed by atoms with Crippen molar-refractivity contribution >= 4 is 28.2 Å². The van der Waals surface area contributed by atoms with Crippen molar-refractivity contribution in [3.05, 3.63) is 22.8 Å². The first kappa shape index (κ1) is 14.8. The predicted octanol–water partition coefficient (Wildman–Crippen LogP) is 1.80. The molecule has 2 rings (SSSR count). The van der Waals surface area contributed by atoms with E-state index in [1.54, 1.807) is 0 Å². The number of aromatic nitrogens is 1. The van der Waals surface area contributed by atoms with Gasteiger partial charge in [0.25, 0.3) is 0 Å². The Morgan fingerprint density at radius 2 is 2.11 bits per heavy atom. The zero-order valence-corrected chi connectivity index (χ0v) is 12.9. The number of nitrogens with zero attached hydrogens (tertiary/aromatic N) is 2. The summed E-state index contributed by atoms with van der Waals surface area (Å²) >= 11 is 6.17. The number of halogens is 1. The molecular weight excluding hydrogens is 282 g/mol. The maximum Gasteiger partial charge on any atom is 0.129 e. The second-order valence-corrected chi connectivity index (χ2v) is 7.07. The van der Waals surface area contributed by atoms with Crippen LogP contribution in [0.25, 0.3) is 0 Å². The van der Waals surface area contributed by atoms with Crippen LogP contribution >= 0.6 is 11.6 Å². The van der Waals surface area contributed by atoms with E-state index in [1.807, 2.05) is 12.1 Å². The Labute approximate surface area is 122 Å². The van der Waals surface area contributed by atoms with Crippen LogP contribution in [0.1, 0.15) is 19.5 Å². The van der Waals surface area contributed by atoms with Gasteiger partial charge in [0.2, 0.25) is 0 Å². The third kappa shape index (κ3) is 4.16. The molecule has 0 radical (unpaired) electrons. The molecule has 0 amide bonds. The first-order chi connectivity index (χ1) is 9.06. The van der Waals surface area contributed by atoms with Crippen LogP contribution in [0.4, 0.5) is 5.82 Å². The summed E-state index contributed by atoms with van der Waals surface area (Å²) in [5.41, 5.74) is 0.875. The van der Waals surface area contributed by atoms with Gasteiger partial charge in [0, 0.05) is 48.0 Å². The van der Waals surface area contributed by atoms with Crippen molar-refractivity contribution in [2.24, 2.45) is 0 Å². The molecule has 0 spiro atoms. The maximum atomic E-state index is 11.4. The molecule has 0 saturated carbocycles. The highest BCUT2D eigenvalue weighted by atomic mass is 35.5. The Balaban J connectivity index is 2.09. The summed E-state index contributed by atoms with van der Waals surface area (Å²) in [5.74, 6) is 2.38. The quantitative estimate of drug-likeness (QED) is 0.921. The first-order valence-electron chi connectivity index (χ1n) is 6.55. The van der Waals surface area contributed by atoms with Crippen molar-refractivity contribution in [2.45, 2.75) is 26.4 Å². The topological polar surface area (TPSA) is 45.2 Å². The van der Waals surface area contributed by atoms with Crippen molar-refractivity contribution in [3.63, 3.8) is 0 Å². The summed E-state index contributed by atoms with van der Waals surface area (Å²) in [6.07, 6.45) is 0. The minimum Gasteiger partial charge on any atom is -0.355 e. The van der Waals surface area contributed by atoms with E-state index in [4.69, 9.17) is 11.6 Å². The summed E-state index contributed by atoms with van der Waals surface area (Å²) < 4.78 is 11.4. The summed E-state index contributed by atoms with van der Waals surface area (Å²) in [6.45, 7) is 6.47. The highest BCUT2D eigenvalue weighted by molar-refractivity contribution is 7.85. The molecule has 1 aliphatic heterocycles. The monoisotopic (exact) mass is 301 g/mol. The van der Waals surface area contributed by atoms with Crippen molar-refractivity contribution < 1.29 is 4.21 Å². The van der Waals surface area contributed by atoms with Gasteiger partial charge in [-0.3, -0.25) is 4.21 Å². The largest absolute Gasteiger partial charge is 0.355 e. The SMILES string of the molecule is CC(C)NCc1nc(N2CCS(=O)CC2)ccc1Cl. The number of anilines is 1. The lowest BCUT2D eigenvalue weighted by Crippen LogP contribution is -2.38. The molecule has 1 saturated heterocycles. The van der Waals surface area contributed by atoms with Crippen LogP contribution < -0.4 is 10.2 Å². The highest BCUT2D eigenvalue weighted by Crippen LogP contribution is 2.20. The number of hydrogen-bond acceptors (Lipinski definition) is 4. The van der Waals surface area contributed by atoms with Gasteiger partial charge >= 0.3 is 0 Å². The second kappa shape index (κ2) is 6.68. The van der Waals surface area contributed by atoms with E-state index in [9.17, 15) is 4.21 Å². The fourth-order valence-electron chi connectivity index (χ4n) is 1.94. The Hall–Kier alpha value is -0.650. The van der Waals surface area contributed by atoms with Gasteiger partial charge in [-0.25, -0.2) is 4.98 Å². The molecule has 0 bridgehead atoms. The summed E-state index contributed by atoms with van der Waals surface area (Å²) in [5, 5.41) is 4.02. The zero-order valence-electron chi connectivity index (χ0n) is 11.4. The molecular formula is C13H20ClN3OS. The third-order valence-electron chi connectivity index (χ3n) is 3.08. The van der Waals surface area contributed by atoms with E-state index in [-0.39, 0.29) is 0 Å². The van der Waals surface area contributed by atoms with E-state index >= 15 is 0 Å². The standard InChI is InChI=1S/C13H20ClN3OS/c1-10(2)15-9-12-11(14)3-4-13(16-12)17-5-7-19(18)8-6-17/h3-4,10,15H,5-9H2,1-2H3. The number of pyridine rings is 1. The maximum absolute atomic E-state index is 11.4. The van der Waals surface area contributed by atoms with Crippen LogP contribution in [-0.2, 0) is 17.3 Å². The van der Waals surface area contributed by atoms with Gasteiger partial charge in [0.15, 0.2) is 0 Å². The van der Waals surface area contributed by atoms with Gasteiger partial charge in [-0.2, -0.15) is 0 Å². The zero-order chi connectivity index (χ0) is 13.8. The Bertz CT molecular complexity index is 457. The Morgan fingerprint density at radius 3 is 2.74 bits per heavy atom. The summed E-state index contributed by atoms with van der Waals surface area (Å²) in [6, 6.07) is 4.24. The average Bonchev–Trinajstić information content (AvgIpc) is 2.39. The van der Waals surface area contributed by atoms with Crippen LogP contribution in [0.3, 0.4) is 0 Å². The van der Waals surface area contributed by atoms with E-state index in [2.05, 4.69) is 29.0 Å². The minimum absolute atomic E-state index is 0.402. The molecule has 1 aromatic heterocycles. The molecule has 1 aliphatic rings. The number of hydrogen-bond donors (Lipinski definition) is 1. The van der Waals surface area contributed by atoms with Gasteiger partial charge in [0.1, 0.15) is 5.82 Å². The molecule has 1 aromatic rings. The fourth-order valence-corrected chi connectivity index (χ4v) is 3.16. The molecule has 0 aromatic carbocycles. The number of rotatable bonds is 4. The third-order valence-corrected chi connectivity index (χ3v) is 4.70. The van der Waals surface area contributed by atoms with Crippen LogP contribution in [0, 0.1) is 0 Å². The van der Waals surface area contributed by atoms with Gasteiger partial charge in [-0.1, -0.05) is 25.4 Å². The normalized spacial score (nSPS) is 17.2. The molecule has 19 heavy (non-hydrogen) atoms. The smallest absolute Gasteiger partial charge is 0.129 e. The van der Waals surface area contributed by atoms with Crippen LogP contribution in [0.5, 0.6) is 0 Å². The van der Waals surface area contributed by atoms with E-state index in [0.717, 1.165) is 36.1 Å². The highest BCUT2D eigenvalue weighted by Gasteiger charge is 2.17. The molecule has 1 fully saturated rings. The minimum atomic E-state index is -0.662.